The van der Waals surface area contributed by atoms with Gasteiger partial charge in [-0.2, -0.15) is 0 Å². The molecule has 6 heteroatoms. The molecule has 0 aromatic heterocycles. The molecule has 0 unspecified atom stereocenters. The lowest BCUT2D eigenvalue weighted by molar-refractivity contribution is -0.159. The number of carbonyl (C=O) groups is 2. The molecule has 0 radical (unpaired) electrons. The summed E-state index contributed by atoms with van der Waals surface area (Å²) in [4.78, 5) is 25.9. The fraction of sp³-hybridized carbons (Fsp3) is 0.391. The van der Waals surface area contributed by atoms with Crippen molar-refractivity contribution in [2.45, 2.75) is 51.4 Å². The first-order chi connectivity index (χ1) is 13.6. The molecule has 29 heavy (non-hydrogen) atoms. The van der Waals surface area contributed by atoms with E-state index >= 15 is 0 Å². The standard InChI is InChI=1S/C23H29NO5/c1-22(2,3)29-21(27)24(17-19-12-8-5-9-13-19)15-14-23(28,20(25)26)16-18-10-6-4-7-11-18/h4-13,28H,14-17H2,1-3H3,(H,25,26)/t23-/m1/s1. The van der Waals surface area contributed by atoms with Gasteiger partial charge in [-0.25, -0.2) is 9.59 Å². The normalized spacial score (nSPS) is 13.4. The van der Waals surface area contributed by atoms with Gasteiger partial charge in [-0.15, -0.1) is 0 Å². The highest BCUT2D eigenvalue weighted by molar-refractivity contribution is 5.77. The predicted molar refractivity (Wildman–Crippen MR) is 110 cm³/mol. The number of hydrogen-bond donors (Lipinski definition) is 2. The lowest BCUT2D eigenvalue weighted by Gasteiger charge is -2.30. The van der Waals surface area contributed by atoms with Gasteiger partial charge in [-0.05, 0) is 31.9 Å². The molecule has 156 valence electrons. The summed E-state index contributed by atoms with van der Waals surface area (Å²) in [6, 6.07) is 18.3. The second-order valence-corrected chi connectivity index (χ2v) is 8.14. The third kappa shape index (κ3) is 7.23. The van der Waals surface area contributed by atoms with Crippen LogP contribution in [0.5, 0.6) is 0 Å². The van der Waals surface area contributed by atoms with Crippen LogP contribution in [-0.4, -0.2) is 44.9 Å². The Morgan fingerprint density at radius 3 is 1.93 bits per heavy atom. The average molecular weight is 399 g/mol. The summed E-state index contributed by atoms with van der Waals surface area (Å²) in [6.07, 6.45) is -0.714. The lowest BCUT2D eigenvalue weighted by atomic mass is 9.91. The highest BCUT2D eigenvalue weighted by Crippen LogP contribution is 2.21. The number of amides is 1. The molecular formula is C23H29NO5. The highest BCUT2D eigenvalue weighted by atomic mass is 16.6. The summed E-state index contributed by atoms with van der Waals surface area (Å²) < 4.78 is 5.47. The first-order valence-corrected chi connectivity index (χ1v) is 9.61. The van der Waals surface area contributed by atoms with Crippen molar-refractivity contribution in [2.75, 3.05) is 6.54 Å². The molecule has 2 rings (SSSR count). The summed E-state index contributed by atoms with van der Waals surface area (Å²) in [5, 5.41) is 20.4. The number of carbonyl (C=O) groups excluding carboxylic acids is 1. The van der Waals surface area contributed by atoms with E-state index in [1.54, 1.807) is 45.0 Å². The predicted octanol–water partition coefficient (Wildman–Crippen LogP) is 3.87. The fourth-order valence-corrected chi connectivity index (χ4v) is 2.89. The molecule has 0 saturated carbocycles. The molecule has 1 amide bonds. The van der Waals surface area contributed by atoms with Crippen LogP contribution in [0.15, 0.2) is 60.7 Å². The van der Waals surface area contributed by atoms with E-state index in [0.717, 1.165) is 5.56 Å². The fourth-order valence-electron chi connectivity index (χ4n) is 2.89. The van der Waals surface area contributed by atoms with Crippen molar-refractivity contribution in [1.29, 1.82) is 0 Å². The van der Waals surface area contributed by atoms with E-state index in [2.05, 4.69) is 0 Å². The van der Waals surface area contributed by atoms with Gasteiger partial charge in [-0.1, -0.05) is 60.7 Å². The molecule has 0 bridgehead atoms. The topological polar surface area (TPSA) is 87.1 Å². The largest absolute Gasteiger partial charge is 0.479 e. The van der Waals surface area contributed by atoms with Crippen LogP contribution in [0.2, 0.25) is 0 Å². The molecule has 2 N–H and O–H groups in total. The monoisotopic (exact) mass is 399 g/mol. The minimum Gasteiger partial charge on any atom is -0.479 e. The van der Waals surface area contributed by atoms with Gasteiger partial charge in [0.2, 0.25) is 0 Å². The Balaban J connectivity index is 2.16. The van der Waals surface area contributed by atoms with E-state index in [9.17, 15) is 19.8 Å². The second kappa shape index (κ2) is 9.56. The van der Waals surface area contributed by atoms with Crippen molar-refractivity contribution >= 4 is 12.1 Å². The zero-order valence-corrected chi connectivity index (χ0v) is 17.2. The summed E-state index contributed by atoms with van der Waals surface area (Å²) in [7, 11) is 0. The minimum atomic E-state index is -1.99. The number of aliphatic carboxylic acids is 1. The van der Waals surface area contributed by atoms with Crippen LogP contribution >= 0.6 is 0 Å². The van der Waals surface area contributed by atoms with Gasteiger partial charge in [0, 0.05) is 25.9 Å². The Morgan fingerprint density at radius 1 is 0.931 bits per heavy atom. The van der Waals surface area contributed by atoms with E-state index in [1.807, 2.05) is 36.4 Å². The number of carboxylic acids is 1. The molecule has 2 aromatic carbocycles. The molecule has 2 aromatic rings. The van der Waals surface area contributed by atoms with E-state index in [1.165, 1.54) is 4.90 Å². The molecule has 0 aliphatic carbocycles. The maximum atomic E-state index is 12.7. The number of carboxylic acid groups (broad SMARTS) is 1. The van der Waals surface area contributed by atoms with E-state index in [4.69, 9.17) is 4.74 Å². The van der Waals surface area contributed by atoms with Gasteiger partial charge in [-0.3, -0.25) is 0 Å². The van der Waals surface area contributed by atoms with Crippen LogP contribution in [0.1, 0.15) is 38.3 Å². The Labute approximate surface area is 171 Å². The van der Waals surface area contributed by atoms with Crippen molar-refractivity contribution in [3.8, 4) is 0 Å². The van der Waals surface area contributed by atoms with Crippen molar-refractivity contribution in [1.82, 2.24) is 4.90 Å². The molecule has 0 heterocycles. The second-order valence-electron chi connectivity index (χ2n) is 8.14. The molecule has 0 saturated heterocycles. The van der Waals surface area contributed by atoms with Crippen molar-refractivity contribution < 1.29 is 24.5 Å². The van der Waals surface area contributed by atoms with Crippen molar-refractivity contribution in [2.24, 2.45) is 0 Å². The van der Waals surface area contributed by atoms with Crippen LogP contribution in [0.25, 0.3) is 0 Å². The number of rotatable bonds is 8. The molecule has 0 spiro atoms. The molecule has 0 aliphatic rings. The van der Waals surface area contributed by atoms with Crippen LogP contribution in [0, 0.1) is 0 Å². The zero-order valence-electron chi connectivity index (χ0n) is 17.2. The van der Waals surface area contributed by atoms with Crippen LogP contribution in [0.3, 0.4) is 0 Å². The quantitative estimate of drug-likeness (QED) is 0.704. The van der Waals surface area contributed by atoms with Gasteiger partial charge in [0.15, 0.2) is 5.60 Å². The third-order valence-corrected chi connectivity index (χ3v) is 4.40. The lowest BCUT2D eigenvalue weighted by Crippen LogP contribution is -2.45. The summed E-state index contributed by atoms with van der Waals surface area (Å²) >= 11 is 0. The SMILES string of the molecule is CC(C)(C)OC(=O)N(CC[C@@](O)(Cc1ccccc1)C(=O)O)Cc1ccccc1. The number of hydrogen-bond acceptors (Lipinski definition) is 4. The average Bonchev–Trinajstić information content (AvgIpc) is 2.65. The highest BCUT2D eigenvalue weighted by Gasteiger charge is 2.37. The van der Waals surface area contributed by atoms with Gasteiger partial charge in [0.1, 0.15) is 5.60 Å². The number of benzene rings is 2. The Kier molecular flexibility index (Phi) is 7.40. The van der Waals surface area contributed by atoms with Crippen LogP contribution < -0.4 is 0 Å². The number of ether oxygens (including phenoxy) is 1. The maximum absolute atomic E-state index is 12.7. The maximum Gasteiger partial charge on any atom is 0.410 e. The van der Waals surface area contributed by atoms with Crippen molar-refractivity contribution in [3.05, 3.63) is 71.8 Å². The molecule has 1 atom stereocenters. The van der Waals surface area contributed by atoms with E-state index in [0.29, 0.717) is 5.56 Å². The van der Waals surface area contributed by atoms with Crippen LogP contribution in [0.4, 0.5) is 4.79 Å². The first kappa shape index (κ1) is 22.4. The number of aliphatic hydroxyl groups is 1. The minimum absolute atomic E-state index is 0.0411. The first-order valence-electron chi connectivity index (χ1n) is 9.61. The Bertz CT molecular complexity index is 801. The van der Waals surface area contributed by atoms with Gasteiger partial charge >= 0.3 is 12.1 Å². The number of nitrogens with zero attached hydrogens (tertiary/aromatic N) is 1. The van der Waals surface area contributed by atoms with Gasteiger partial charge in [0.05, 0.1) is 0 Å². The zero-order chi connectivity index (χ0) is 21.5. The third-order valence-electron chi connectivity index (χ3n) is 4.40. The molecule has 6 nitrogen and oxygen atoms in total. The van der Waals surface area contributed by atoms with E-state index in [-0.39, 0.29) is 25.9 Å². The summed E-state index contributed by atoms with van der Waals surface area (Å²) in [5.41, 5.74) is -1.07. The Hall–Kier alpha value is -2.86. The Morgan fingerprint density at radius 2 is 1.45 bits per heavy atom. The molecule has 0 aliphatic heterocycles. The van der Waals surface area contributed by atoms with Gasteiger partial charge < -0.3 is 19.8 Å². The van der Waals surface area contributed by atoms with Crippen LogP contribution in [-0.2, 0) is 22.5 Å². The molecule has 0 fully saturated rings. The smallest absolute Gasteiger partial charge is 0.410 e. The van der Waals surface area contributed by atoms with Crippen molar-refractivity contribution in [3.63, 3.8) is 0 Å². The summed E-state index contributed by atoms with van der Waals surface area (Å²) in [6.45, 7) is 5.62. The van der Waals surface area contributed by atoms with Gasteiger partial charge in [0.25, 0.3) is 0 Å². The van der Waals surface area contributed by atoms with E-state index < -0.39 is 23.3 Å². The summed E-state index contributed by atoms with van der Waals surface area (Å²) in [5.74, 6) is -1.31. The molecular weight excluding hydrogens is 370 g/mol.